The van der Waals surface area contributed by atoms with Crippen LogP contribution < -0.4 is 15.5 Å². The number of hydrogen-bond donors (Lipinski definition) is 3. The lowest BCUT2D eigenvalue weighted by molar-refractivity contribution is -0.149. The van der Waals surface area contributed by atoms with Crippen LogP contribution in [0.1, 0.15) is 32.3 Å². The number of hydrogen-bond acceptors (Lipinski definition) is 9. The zero-order valence-electron chi connectivity index (χ0n) is 19.7. The minimum absolute atomic E-state index is 0.316. The number of fused-ring (bicyclic) bond motifs is 1. The average molecular weight is 498 g/mol. The van der Waals surface area contributed by atoms with Gasteiger partial charge in [0, 0.05) is 43.2 Å². The van der Waals surface area contributed by atoms with Crippen LogP contribution in [0.15, 0.2) is 29.7 Å². The van der Waals surface area contributed by atoms with Crippen LogP contribution in [0.5, 0.6) is 0 Å². The molecule has 0 spiro atoms. The van der Waals surface area contributed by atoms with Crippen molar-refractivity contribution in [1.29, 1.82) is 0 Å². The number of urea groups is 1. The van der Waals surface area contributed by atoms with Crippen molar-refractivity contribution in [1.82, 2.24) is 20.3 Å². The molecular weight excluding hydrogens is 470 g/mol. The molecule has 2 amide bonds. The van der Waals surface area contributed by atoms with Crippen molar-refractivity contribution in [2.45, 2.75) is 26.7 Å². The Morgan fingerprint density at radius 2 is 1.97 bits per heavy atom. The first kappa shape index (κ1) is 24.3. The van der Waals surface area contributed by atoms with Crippen LogP contribution in [0.25, 0.3) is 21.3 Å². The van der Waals surface area contributed by atoms with Crippen molar-refractivity contribution in [3.8, 4) is 11.1 Å². The largest absolute Gasteiger partial charge is 0.481 e. The van der Waals surface area contributed by atoms with Crippen LogP contribution in [0.3, 0.4) is 0 Å². The predicted octanol–water partition coefficient (Wildman–Crippen LogP) is 3.57. The Kier molecular flexibility index (Phi) is 7.10. The van der Waals surface area contributed by atoms with Crippen LogP contribution >= 0.6 is 11.3 Å². The third kappa shape index (κ3) is 5.32. The van der Waals surface area contributed by atoms with E-state index in [1.54, 1.807) is 25.5 Å². The van der Waals surface area contributed by atoms with E-state index in [2.05, 4.69) is 30.7 Å². The van der Waals surface area contributed by atoms with Crippen molar-refractivity contribution in [2.75, 3.05) is 37.0 Å². The van der Waals surface area contributed by atoms with Crippen molar-refractivity contribution in [3.05, 3.63) is 30.1 Å². The van der Waals surface area contributed by atoms with E-state index in [-0.39, 0.29) is 6.03 Å². The maximum Gasteiger partial charge on any atom is 0.321 e. The molecule has 35 heavy (non-hydrogen) atoms. The number of amides is 2. The third-order valence-electron chi connectivity index (χ3n) is 6.01. The molecule has 0 unspecified atom stereocenters. The molecule has 184 valence electrons. The average Bonchev–Trinajstić information content (AvgIpc) is 3.25. The summed E-state index contributed by atoms with van der Waals surface area (Å²) in [6, 6.07) is 3.54. The van der Waals surface area contributed by atoms with Gasteiger partial charge in [0.15, 0.2) is 5.13 Å². The SMILES string of the molecule is CCNC(=O)Nc1nc2cc(-c3cnc(N4CCC(C)(C(=O)O)CC4)nc3)cc(/C=N/OC)c2s1. The lowest BCUT2D eigenvalue weighted by atomic mass is 9.80. The summed E-state index contributed by atoms with van der Waals surface area (Å²) in [5.74, 6) is -0.187. The Balaban J connectivity index is 1.59. The Hall–Kier alpha value is -3.80. The van der Waals surface area contributed by atoms with E-state index in [1.807, 2.05) is 24.0 Å². The van der Waals surface area contributed by atoms with Gasteiger partial charge < -0.3 is 20.2 Å². The Labute approximate surface area is 206 Å². The van der Waals surface area contributed by atoms with Crippen LogP contribution in [-0.4, -0.2) is 65.0 Å². The molecule has 4 rings (SSSR count). The van der Waals surface area contributed by atoms with Gasteiger partial charge in [0.05, 0.1) is 21.8 Å². The fraction of sp³-hybridized carbons (Fsp3) is 0.391. The van der Waals surface area contributed by atoms with Gasteiger partial charge in [-0.3, -0.25) is 10.1 Å². The molecule has 0 radical (unpaired) electrons. The number of piperidine rings is 1. The van der Waals surface area contributed by atoms with Gasteiger partial charge >= 0.3 is 12.0 Å². The highest BCUT2D eigenvalue weighted by molar-refractivity contribution is 7.22. The summed E-state index contributed by atoms with van der Waals surface area (Å²) in [6.07, 6.45) is 6.17. The molecule has 11 nitrogen and oxygen atoms in total. The number of carbonyl (C=O) groups excluding carboxylic acids is 1. The molecule has 0 saturated carbocycles. The predicted molar refractivity (Wildman–Crippen MR) is 135 cm³/mol. The number of thiazole rings is 1. The van der Waals surface area contributed by atoms with Gasteiger partial charge in [0.1, 0.15) is 7.11 Å². The first-order valence-corrected chi connectivity index (χ1v) is 12.0. The highest BCUT2D eigenvalue weighted by atomic mass is 32.1. The van der Waals surface area contributed by atoms with E-state index < -0.39 is 11.4 Å². The molecule has 0 bridgehead atoms. The summed E-state index contributed by atoms with van der Waals surface area (Å²) in [7, 11) is 1.47. The first-order chi connectivity index (χ1) is 16.8. The van der Waals surface area contributed by atoms with E-state index in [1.165, 1.54) is 18.4 Å². The number of rotatable bonds is 7. The van der Waals surface area contributed by atoms with Crippen molar-refractivity contribution >= 4 is 50.8 Å². The number of benzene rings is 1. The van der Waals surface area contributed by atoms with Gasteiger partial charge in [-0.25, -0.2) is 19.7 Å². The maximum atomic E-state index is 11.9. The van der Waals surface area contributed by atoms with Crippen LogP contribution in [0, 0.1) is 5.41 Å². The van der Waals surface area contributed by atoms with Gasteiger partial charge in [-0.05, 0) is 44.4 Å². The van der Waals surface area contributed by atoms with Crippen LogP contribution in [-0.2, 0) is 9.63 Å². The summed E-state index contributed by atoms with van der Waals surface area (Å²) >= 11 is 1.35. The summed E-state index contributed by atoms with van der Waals surface area (Å²) < 4.78 is 0.855. The second-order valence-electron chi connectivity index (χ2n) is 8.46. The van der Waals surface area contributed by atoms with Crippen LogP contribution in [0.4, 0.5) is 15.9 Å². The highest BCUT2D eigenvalue weighted by Gasteiger charge is 2.37. The maximum absolute atomic E-state index is 11.9. The monoisotopic (exact) mass is 497 g/mol. The van der Waals surface area contributed by atoms with E-state index in [4.69, 9.17) is 4.84 Å². The van der Waals surface area contributed by atoms with Crippen molar-refractivity contribution in [2.24, 2.45) is 10.6 Å². The quantitative estimate of drug-likeness (QED) is 0.332. The second-order valence-corrected chi connectivity index (χ2v) is 9.46. The molecule has 12 heteroatoms. The number of carboxylic acids is 1. The Morgan fingerprint density at radius 3 is 2.60 bits per heavy atom. The molecule has 3 heterocycles. The van der Waals surface area contributed by atoms with Gasteiger partial charge in [-0.15, -0.1) is 0 Å². The smallest absolute Gasteiger partial charge is 0.321 e. The molecule has 0 aliphatic carbocycles. The van der Waals surface area contributed by atoms with Gasteiger partial charge in [-0.2, -0.15) is 0 Å². The van der Waals surface area contributed by atoms with E-state index in [9.17, 15) is 14.7 Å². The third-order valence-corrected chi connectivity index (χ3v) is 7.05. The molecule has 0 atom stereocenters. The van der Waals surface area contributed by atoms with E-state index in [0.29, 0.717) is 49.1 Å². The van der Waals surface area contributed by atoms with Crippen molar-refractivity contribution < 1.29 is 19.5 Å². The molecule has 1 aliphatic heterocycles. The molecule has 2 aromatic heterocycles. The topological polar surface area (TPSA) is 142 Å². The van der Waals surface area contributed by atoms with Gasteiger partial charge in [0.2, 0.25) is 5.95 Å². The second kappa shape index (κ2) is 10.2. The number of nitrogens with zero attached hydrogens (tertiary/aromatic N) is 5. The molecule has 1 aromatic carbocycles. The minimum Gasteiger partial charge on any atom is -0.481 e. The molecule has 1 aliphatic rings. The number of nitrogens with one attached hydrogen (secondary N) is 2. The van der Waals surface area contributed by atoms with Crippen LogP contribution in [0.2, 0.25) is 0 Å². The Morgan fingerprint density at radius 1 is 1.26 bits per heavy atom. The normalized spacial score (nSPS) is 15.3. The number of carbonyl (C=O) groups is 2. The summed E-state index contributed by atoms with van der Waals surface area (Å²) in [6.45, 7) is 5.32. The molecule has 1 saturated heterocycles. The van der Waals surface area contributed by atoms with E-state index in [0.717, 1.165) is 21.4 Å². The standard InChI is InChI=1S/C23H27N7O4S/c1-4-24-21(33)29-22-28-17-10-14(9-15(13-27-34-3)18(17)35-22)16-11-25-20(26-12-16)30-7-5-23(2,6-8-30)19(31)32/h9-13H,4-8H2,1-3H3,(H,31,32)(H2,24,28,29,33)/b27-13+. The zero-order chi connectivity index (χ0) is 25.0. The molecule has 3 aromatic rings. The minimum atomic E-state index is -0.761. The fourth-order valence-corrected chi connectivity index (χ4v) is 4.75. The van der Waals surface area contributed by atoms with Gasteiger partial charge in [0.25, 0.3) is 0 Å². The fourth-order valence-electron chi connectivity index (χ4n) is 3.83. The lowest BCUT2D eigenvalue weighted by Crippen LogP contribution is -2.43. The molecule has 3 N–H and O–H groups in total. The summed E-state index contributed by atoms with van der Waals surface area (Å²) in [5, 5.41) is 19.2. The summed E-state index contributed by atoms with van der Waals surface area (Å²) in [5.41, 5.74) is 2.42. The highest BCUT2D eigenvalue weighted by Crippen LogP contribution is 2.34. The number of aromatic nitrogens is 3. The zero-order valence-corrected chi connectivity index (χ0v) is 20.6. The number of oxime groups is 1. The first-order valence-electron chi connectivity index (χ1n) is 11.2. The number of carboxylic acid groups (broad SMARTS) is 1. The Bertz CT molecular complexity index is 1250. The molecular formula is C23H27N7O4S. The summed E-state index contributed by atoms with van der Waals surface area (Å²) in [4.78, 5) is 43.9. The van der Waals surface area contributed by atoms with Crippen molar-refractivity contribution in [3.63, 3.8) is 0 Å². The van der Waals surface area contributed by atoms with E-state index >= 15 is 0 Å². The number of anilines is 2. The number of aliphatic carboxylic acids is 1. The molecule has 1 fully saturated rings. The van der Waals surface area contributed by atoms with Gasteiger partial charge in [-0.1, -0.05) is 16.5 Å². The lowest BCUT2D eigenvalue weighted by Gasteiger charge is -2.36.